The van der Waals surface area contributed by atoms with Crippen LogP contribution in [-0.4, -0.2) is 34.7 Å². The average Bonchev–Trinajstić information content (AvgIpc) is 2.63. The van der Waals surface area contributed by atoms with E-state index in [1.807, 2.05) is 25.1 Å². The van der Waals surface area contributed by atoms with Gasteiger partial charge < -0.3 is 25.2 Å². The second kappa shape index (κ2) is 8.38. The quantitative estimate of drug-likeness (QED) is 0.669. The number of methoxy groups -OCH3 is 1. The second-order valence-corrected chi connectivity index (χ2v) is 7.83. The van der Waals surface area contributed by atoms with Crippen molar-refractivity contribution in [3.63, 3.8) is 0 Å². The van der Waals surface area contributed by atoms with Crippen LogP contribution in [0.25, 0.3) is 0 Å². The van der Waals surface area contributed by atoms with Gasteiger partial charge in [0.2, 0.25) is 5.88 Å². The van der Waals surface area contributed by atoms with Crippen molar-refractivity contribution in [1.82, 2.24) is 10.3 Å². The van der Waals surface area contributed by atoms with Crippen LogP contribution in [0.2, 0.25) is 0 Å². The Kier molecular flexibility index (Phi) is 6.36. The molecular weight excluding hydrogens is 374 g/mol. The molecule has 2 amide bonds. The maximum absolute atomic E-state index is 12.8. The number of hydrogen-bond acceptors (Lipinski definition) is 5. The largest absolute Gasteiger partial charge is 0.496 e. The molecular formula is C21H27N3O5. The predicted molar refractivity (Wildman–Crippen MR) is 110 cm³/mol. The van der Waals surface area contributed by atoms with E-state index in [0.717, 1.165) is 5.56 Å². The van der Waals surface area contributed by atoms with Crippen LogP contribution in [0.3, 0.4) is 0 Å². The number of nitrogens with zero attached hydrogens (tertiary/aromatic N) is 1. The van der Waals surface area contributed by atoms with Crippen molar-refractivity contribution in [2.45, 2.75) is 40.2 Å². The lowest BCUT2D eigenvalue weighted by Crippen LogP contribution is -2.62. The van der Waals surface area contributed by atoms with Crippen LogP contribution >= 0.6 is 0 Å². The normalized spacial score (nSPS) is 13.2. The summed E-state index contributed by atoms with van der Waals surface area (Å²) in [6.45, 7) is 8.79. The molecule has 2 rings (SSSR count). The van der Waals surface area contributed by atoms with Gasteiger partial charge in [0.05, 0.1) is 19.0 Å². The van der Waals surface area contributed by atoms with Gasteiger partial charge >= 0.3 is 6.09 Å². The van der Waals surface area contributed by atoms with Crippen molar-refractivity contribution in [1.29, 1.82) is 0 Å². The van der Waals surface area contributed by atoms with Gasteiger partial charge in [0.15, 0.2) is 0 Å². The molecule has 0 saturated carbocycles. The van der Waals surface area contributed by atoms with E-state index in [1.165, 1.54) is 6.20 Å². The van der Waals surface area contributed by atoms with Crippen molar-refractivity contribution < 1.29 is 24.2 Å². The number of benzene rings is 1. The first-order chi connectivity index (χ1) is 13.5. The van der Waals surface area contributed by atoms with Gasteiger partial charge in [-0.3, -0.25) is 4.79 Å². The number of hydrogen-bond donors (Lipinski definition) is 3. The first-order valence-corrected chi connectivity index (χ1v) is 9.08. The third-order valence-electron chi connectivity index (χ3n) is 4.97. The maximum Gasteiger partial charge on any atom is 0.405 e. The Hall–Kier alpha value is -3.29. The molecule has 0 unspecified atom stereocenters. The Morgan fingerprint density at radius 1 is 1.07 bits per heavy atom. The number of anilines is 1. The van der Waals surface area contributed by atoms with Crippen LogP contribution in [0.15, 0.2) is 36.5 Å². The number of ether oxygens (including phenoxy) is 2. The van der Waals surface area contributed by atoms with E-state index in [0.29, 0.717) is 23.1 Å². The Balaban J connectivity index is 2.16. The lowest BCUT2D eigenvalue weighted by Gasteiger charge is -2.40. The summed E-state index contributed by atoms with van der Waals surface area (Å²) in [5.74, 6) is 1.19. The van der Waals surface area contributed by atoms with E-state index in [-0.39, 0.29) is 0 Å². The number of rotatable bonds is 6. The van der Waals surface area contributed by atoms with Gasteiger partial charge in [-0.2, -0.15) is 0 Å². The molecule has 1 aromatic heterocycles. The van der Waals surface area contributed by atoms with E-state index in [1.54, 1.807) is 46.9 Å². The molecule has 29 heavy (non-hydrogen) atoms. The minimum absolute atomic E-state index is 0.349. The van der Waals surface area contributed by atoms with Gasteiger partial charge in [0.1, 0.15) is 17.0 Å². The minimum Gasteiger partial charge on any atom is -0.496 e. The lowest BCUT2D eigenvalue weighted by atomic mass is 9.74. The van der Waals surface area contributed by atoms with E-state index in [2.05, 4.69) is 15.6 Å². The SMILES string of the molecule is COc1cccc(Oc2ccc(NC(=O)[C@](C)(NC(=O)O)C(C)(C)C)cn2)c1C. The van der Waals surface area contributed by atoms with E-state index < -0.39 is 23.0 Å². The molecule has 0 radical (unpaired) electrons. The highest BCUT2D eigenvalue weighted by atomic mass is 16.5. The molecule has 8 nitrogen and oxygen atoms in total. The zero-order chi connectivity index (χ0) is 21.8. The van der Waals surface area contributed by atoms with Crippen molar-refractivity contribution in [3.05, 3.63) is 42.1 Å². The molecule has 0 aliphatic heterocycles. The highest BCUT2D eigenvalue weighted by Gasteiger charge is 2.45. The summed E-state index contributed by atoms with van der Waals surface area (Å²) in [7, 11) is 1.59. The van der Waals surface area contributed by atoms with Gasteiger partial charge in [0.25, 0.3) is 5.91 Å². The summed E-state index contributed by atoms with van der Waals surface area (Å²) >= 11 is 0. The zero-order valence-electron chi connectivity index (χ0n) is 17.5. The molecule has 0 saturated heterocycles. The van der Waals surface area contributed by atoms with Gasteiger partial charge in [-0.15, -0.1) is 0 Å². The number of pyridine rings is 1. The first-order valence-electron chi connectivity index (χ1n) is 9.08. The number of carbonyl (C=O) groups excluding carboxylic acids is 1. The van der Waals surface area contributed by atoms with Crippen LogP contribution in [0.1, 0.15) is 33.3 Å². The van der Waals surface area contributed by atoms with Crippen LogP contribution in [0.5, 0.6) is 17.4 Å². The van der Waals surface area contributed by atoms with Crippen LogP contribution in [-0.2, 0) is 4.79 Å². The summed E-state index contributed by atoms with van der Waals surface area (Å²) < 4.78 is 11.1. The Bertz CT molecular complexity index is 890. The molecule has 1 aromatic carbocycles. The van der Waals surface area contributed by atoms with Crippen LogP contribution in [0, 0.1) is 12.3 Å². The van der Waals surface area contributed by atoms with Crippen LogP contribution < -0.4 is 20.1 Å². The highest BCUT2D eigenvalue weighted by Crippen LogP contribution is 2.32. The fourth-order valence-corrected chi connectivity index (χ4v) is 2.61. The van der Waals surface area contributed by atoms with Crippen molar-refractivity contribution in [2.75, 3.05) is 12.4 Å². The molecule has 8 heteroatoms. The number of amides is 2. The molecule has 0 aliphatic carbocycles. The summed E-state index contributed by atoms with van der Waals surface area (Å²) in [5.41, 5.74) is -0.732. The molecule has 3 N–H and O–H groups in total. The Labute approximate surface area is 170 Å². The lowest BCUT2D eigenvalue weighted by molar-refractivity contribution is -0.125. The molecule has 2 aromatic rings. The fraction of sp³-hybridized carbons (Fsp3) is 0.381. The summed E-state index contributed by atoms with van der Waals surface area (Å²) in [4.78, 5) is 28.2. The van der Waals surface area contributed by atoms with Gasteiger partial charge in [-0.1, -0.05) is 26.8 Å². The van der Waals surface area contributed by atoms with E-state index >= 15 is 0 Å². The standard InChI is InChI=1S/C21H27N3O5/c1-13-15(28-6)8-7-9-16(13)29-17-11-10-14(12-22-17)23-18(25)21(5,20(2,3)4)24-19(26)27/h7-12,24H,1-6H3,(H,23,25)(H,26,27)/t21-/m0/s1. The predicted octanol–water partition coefficient (Wildman–Crippen LogP) is 4.20. The van der Waals surface area contributed by atoms with Gasteiger partial charge in [0, 0.05) is 11.6 Å². The average molecular weight is 401 g/mol. The molecule has 0 aliphatic rings. The molecule has 156 valence electrons. The smallest absolute Gasteiger partial charge is 0.405 e. The summed E-state index contributed by atoms with van der Waals surface area (Å²) in [6, 6.07) is 8.72. The van der Waals surface area contributed by atoms with Crippen molar-refractivity contribution >= 4 is 17.7 Å². The third kappa shape index (κ3) is 4.96. The van der Waals surface area contributed by atoms with Crippen molar-refractivity contribution in [2.24, 2.45) is 5.41 Å². The molecule has 1 heterocycles. The molecule has 0 spiro atoms. The number of carbonyl (C=O) groups is 2. The van der Waals surface area contributed by atoms with E-state index in [4.69, 9.17) is 14.6 Å². The summed E-state index contributed by atoms with van der Waals surface area (Å²) in [6.07, 6.45) is 0.181. The molecule has 0 bridgehead atoms. The van der Waals surface area contributed by atoms with Crippen molar-refractivity contribution in [3.8, 4) is 17.4 Å². The first kappa shape index (κ1) is 22.0. The maximum atomic E-state index is 12.8. The summed E-state index contributed by atoms with van der Waals surface area (Å²) in [5, 5.41) is 14.2. The van der Waals surface area contributed by atoms with Gasteiger partial charge in [-0.25, -0.2) is 9.78 Å². The Morgan fingerprint density at radius 3 is 2.24 bits per heavy atom. The minimum atomic E-state index is -1.34. The monoisotopic (exact) mass is 401 g/mol. The fourth-order valence-electron chi connectivity index (χ4n) is 2.61. The van der Waals surface area contributed by atoms with E-state index in [9.17, 15) is 9.59 Å². The van der Waals surface area contributed by atoms with Gasteiger partial charge in [-0.05, 0) is 37.5 Å². The Morgan fingerprint density at radius 2 is 1.72 bits per heavy atom. The zero-order valence-corrected chi connectivity index (χ0v) is 17.5. The number of carboxylic acid groups (broad SMARTS) is 1. The molecule has 1 atom stereocenters. The number of nitrogens with one attached hydrogen (secondary N) is 2. The van der Waals surface area contributed by atoms with Crippen LogP contribution in [0.4, 0.5) is 10.5 Å². The molecule has 0 fully saturated rings. The topological polar surface area (TPSA) is 110 Å². The highest BCUT2D eigenvalue weighted by molar-refractivity contribution is 6.00. The second-order valence-electron chi connectivity index (χ2n) is 7.83. The third-order valence-corrected chi connectivity index (χ3v) is 4.97. The number of aromatic nitrogens is 1.